The van der Waals surface area contributed by atoms with Crippen molar-refractivity contribution in [2.45, 2.75) is 26.8 Å². The molecule has 6 heteroatoms. The Morgan fingerprint density at radius 3 is 2.75 bits per heavy atom. The quantitative estimate of drug-likeness (QED) is 0.756. The lowest BCUT2D eigenvalue weighted by atomic mass is 10.1. The molecule has 2 rings (SSSR count). The minimum Gasteiger partial charge on any atom is -0.478 e. The van der Waals surface area contributed by atoms with Crippen molar-refractivity contribution in [1.29, 1.82) is 0 Å². The van der Waals surface area contributed by atoms with E-state index in [1.54, 1.807) is 29.7 Å². The molecule has 2 aromatic heterocycles. The van der Waals surface area contributed by atoms with Gasteiger partial charge < -0.3 is 10.1 Å². The summed E-state index contributed by atoms with van der Waals surface area (Å²) in [4.78, 5) is 18.9. The molecule has 0 aliphatic carbocycles. The van der Waals surface area contributed by atoms with Crippen molar-refractivity contribution in [2.75, 3.05) is 26.2 Å². The number of hydrogen-bond acceptors (Lipinski definition) is 5. The molecular formula is C18H25N3O2S. The van der Waals surface area contributed by atoms with E-state index in [0.717, 1.165) is 13.1 Å². The first kappa shape index (κ1) is 18.4. The number of pyridine rings is 1. The number of hydrogen-bond donors (Lipinski definition) is 1. The summed E-state index contributed by atoms with van der Waals surface area (Å²) < 4.78 is 5.36. The topological polar surface area (TPSA) is 54.5 Å². The number of ether oxygens (including phenoxy) is 1. The lowest BCUT2D eigenvalue weighted by Gasteiger charge is -2.29. The Labute approximate surface area is 147 Å². The summed E-state index contributed by atoms with van der Waals surface area (Å²) in [6, 6.07) is 5.69. The van der Waals surface area contributed by atoms with Gasteiger partial charge in [-0.3, -0.25) is 9.69 Å². The van der Waals surface area contributed by atoms with Crippen molar-refractivity contribution in [1.82, 2.24) is 15.2 Å². The van der Waals surface area contributed by atoms with Crippen LogP contribution in [-0.2, 0) is 0 Å². The van der Waals surface area contributed by atoms with Gasteiger partial charge in [-0.05, 0) is 48.5 Å². The van der Waals surface area contributed by atoms with E-state index < -0.39 is 0 Å². The average Bonchev–Trinajstić information content (AvgIpc) is 3.13. The second-order valence-electron chi connectivity index (χ2n) is 5.32. The molecule has 24 heavy (non-hydrogen) atoms. The van der Waals surface area contributed by atoms with Gasteiger partial charge >= 0.3 is 0 Å². The monoisotopic (exact) mass is 347 g/mol. The van der Waals surface area contributed by atoms with Crippen LogP contribution < -0.4 is 10.1 Å². The molecule has 0 saturated carbocycles. The zero-order valence-electron chi connectivity index (χ0n) is 14.5. The van der Waals surface area contributed by atoms with E-state index in [9.17, 15) is 4.79 Å². The second-order valence-corrected chi connectivity index (χ2v) is 6.10. The first-order valence-corrected chi connectivity index (χ1v) is 9.27. The highest BCUT2D eigenvalue weighted by Gasteiger charge is 2.19. The number of rotatable bonds is 9. The lowest BCUT2D eigenvalue weighted by Crippen LogP contribution is -2.37. The van der Waals surface area contributed by atoms with Gasteiger partial charge in [0.15, 0.2) is 0 Å². The largest absolute Gasteiger partial charge is 0.478 e. The number of aromatic nitrogens is 1. The molecule has 130 valence electrons. The van der Waals surface area contributed by atoms with Crippen LogP contribution in [0.2, 0.25) is 0 Å². The van der Waals surface area contributed by atoms with Crippen LogP contribution in [0.3, 0.4) is 0 Å². The normalized spacial score (nSPS) is 12.2. The van der Waals surface area contributed by atoms with Crippen molar-refractivity contribution in [3.8, 4) is 5.88 Å². The fourth-order valence-corrected chi connectivity index (χ4v) is 3.36. The Morgan fingerprint density at radius 2 is 2.12 bits per heavy atom. The SMILES string of the molecule is CCOc1cc(C(=O)NCC(c2ccsc2)N(CC)CC)ccn1. The number of nitrogens with one attached hydrogen (secondary N) is 1. The zero-order chi connectivity index (χ0) is 17.4. The Hall–Kier alpha value is -1.92. The van der Waals surface area contributed by atoms with Crippen LogP contribution in [0.5, 0.6) is 5.88 Å². The fraction of sp³-hybridized carbons (Fsp3) is 0.444. The molecule has 5 nitrogen and oxygen atoms in total. The molecule has 2 aromatic rings. The molecule has 0 aliphatic heterocycles. The van der Waals surface area contributed by atoms with Crippen LogP contribution in [0.4, 0.5) is 0 Å². The number of nitrogens with zero attached hydrogens (tertiary/aromatic N) is 2. The molecule has 1 N–H and O–H groups in total. The molecule has 0 radical (unpaired) electrons. The molecule has 2 heterocycles. The predicted molar refractivity (Wildman–Crippen MR) is 97.7 cm³/mol. The molecule has 1 unspecified atom stereocenters. The van der Waals surface area contributed by atoms with Gasteiger partial charge in [0.05, 0.1) is 12.6 Å². The van der Waals surface area contributed by atoms with Gasteiger partial charge in [0.25, 0.3) is 5.91 Å². The van der Waals surface area contributed by atoms with Crippen molar-refractivity contribution in [3.05, 3.63) is 46.3 Å². The Morgan fingerprint density at radius 1 is 1.33 bits per heavy atom. The summed E-state index contributed by atoms with van der Waals surface area (Å²) in [7, 11) is 0. The van der Waals surface area contributed by atoms with Gasteiger partial charge in [-0.1, -0.05) is 13.8 Å². The van der Waals surface area contributed by atoms with E-state index in [1.807, 2.05) is 6.92 Å². The number of amides is 1. The summed E-state index contributed by atoms with van der Waals surface area (Å²) in [5, 5.41) is 7.27. The maximum atomic E-state index is 12.5. The van der Waals surface area contributed by atoms with E-state index in [2.05, 4.69) is 45.9 Å². The van der Waals surface area contributed by atoms with Crippen LogP contribution in [0.15, 0.2) is 35.2 Å². The second kappa shape index (κ2) is 9.39. The summed E-state index contributed by atoms with van der Waals surface area (Å²) >= 11 is 1.68. The third-order valence-electron chi connectivity index (χ3n) is 3.93. The van der Waals surface area contributed by atoms with E-state index in [0.29, 0.717) is 24.6 Å². The van der Waals surface area contributed by atoms with Crippen LogP contribution in [0.25, 0.3) is 0 Å². The number of carbonyl (C=O) groups excluding carboxylic acids is 1. The first-order chi connectivity index (χ1) is 11.7. The standard InChI is InChI=1S/C18H25N3O2S/c1-4-21(5-2)16(15-8-10-24-13-15)12-20-18(22)14-7-9-19-17(11-14)23-6-3/h7-11,13,16H,4-6,12H2,1-3H3,(H,20,22). The third kappa shape index (κ3) is 4.79. The molecule has 0 saturated heterocycles. The molecule has 0 aromatic carbocycles. The smallest absolute Gasteiger partial charge is 0.251 e. The van der Waals surface area contributed by atoms with Gasteiger partial charge in [-0.2, -0.15) is 11.3 Å². The number of carbonyl (C=O) groups is 1. The van der Waals surface area contributed by atoms with Crippen molar-refractivity contribution in [3.63, 3.8) is 0 Å². The van der Waals surface area contributed by atoms with Crippen LogP contribution in [0.1, 0.15) is 42.7 Å². The first-order valence-electron chi connectivity index (χ1n) is 8.32. The molecule has 0 bridgehead atoms. The fourth-order valence-electron chi connectivity index (χ4n) is 2.66. The van der Waals surface area contributed by atoms with E-state index >= 15 is 0 Å². The van der Waals surface area contributed by atoms with Crippen LogP contribution in [0, 0.1) is 0 Å². The van der Waals surface area contributed by atoms with Gasteiger partial charge in [-0.25, -0.2) is 4.98 Å². The summed E-state index contributed by atoms with van der Waals surface area (Å²) in [5.74, 6) is 0.369. The van der Waals surface area contributed by atoms with Gasteiger partial charge in [0, 0.05) is 24.4 Å². The minimum atomic E-state index is -0.106. The van der Waals surface area contributed by atoms with Crippen LogP contribution >= 0.6 is 11.3 Å². The molecule has 1 amide bonds. The molecule has 0 aliphatic rings. The third-order valence-corrected chi connectivity index (χ3v) is 4.63. The maximum absolute atomic E-state index is 12.5. The predicted octanol–water partition coefficient (Wildman–Crippen LogP) is 3.35. The number of thiophene rings is 1. The van der Waals surface area contributed by atoms with Gasteiger partial charge in [-0.15, -0.1) is 0 Å². The van der Waals surface area contributed by atoms with E-state index in [4.69, 9.17) is 4.74 Å². The van der Waals surface area contributed by atoms with Crippen LogP contribution in [-0.4, -0.2) is 42.0 Å². The van der Waals surface area contributed by atoms with E-state index in [1.165, 1.54) is 5.56 Å². The Kier molecular flexibility index (Phi) is 7.21. The summed E-state index contributed by atoms with van der Waals surface area (Å²) in [5.41, 5.74) is 1.81. The molecule has 1 atom stereocenters. The highest BCUT2D eigenvalue weighted by atomic mass is 32.1. The summed E-state index contributed by atoms with van der Waals surface area (Å²) in [6.07, 6.45) is 1.60. The highest BCUT2D eigenvalue weighted by molar-refractivity contribution is 7.07. The molecule has 0 spiro atoms. The molecular weight excluding hydrogens is 322 g/mol. The Bertz CT molecular complexity index is 627. The maximum Gasteiger partial charge on any atom is 0.251 e. The lowest BCUT2D eigenvalue weighted by molar-refractivity contribution is 0.0934. The molecule has 0 fully saturated rings. The Balaban J connectivity index is 2.05. The summed E-state index contributed by atoms with van der Waals surface area (Å²) in [6.45, 7) is 9.16. The number of likely N-dealkylation sites (N-methyl/N-ethyl adjacent to an activating group) is 1. The zero-order valence-corrected chi connectivity index (χ0v) is 15.3. The van der Waals surface area contributed by atoms with Crippen molar-refractivity contribution >= 4 is 17.2 Å². The van der Waals surface area contributed by atoms with Gasteiger partial charge in [0.2, 0.25) is 5.88 Å². The minimum absolute atomic E-state index is 0.106. The van der Waals surface area contributed by atoms with Crippen molar-refractivity contribution in [2.24, 2.45) is 0 Å². The average molecular weight is 347 g/mol. The highest BCUT2D eigenvalue weighted by Crippen LogP contribution is 2.22. The van der Waals surface area contributed by atoms with Gasteiger partial charge in [0.1, 0.15) is 0 Å². The van der Waals surface area contributed by atoms with Crippen molar-refractivity contribution < 1.29 is 9.53 Å². The van der Waals surface area contributed by atoms with E-state index in [-0.39, 0.29) is 11.9 Å².